The summed E-state index contributed by atoms with van der Waals surface area (Å²) in [6.45, 7) is 6.06. The Hall–Kier alpha value is -2.93. The highest BCUT2D eigenvalue weighted by Crippen LogP contribution is 2.27. The van der Waals surface area contributed by atoms with E-state index >= 15 is 0 Å². The van der Waals surface area contributed by atoms with E-state index in [-0.39, 0.29) is 5.63 Å². The number of hydrogen-bond acceptors (Lipinski definition) is 6. The summed E-state index contributed by atoms with van der Waals surface area (Å²) in [6.07, 6.45) is 0. The van der Waals surface area contributed by atoms with Gasteiger partial charge in [-0.3, -0.25) is 0 Å². The van der Waals surface area contributed by atoms with Gasteiger partial charge < -0.3 is 4.42 Å². The zero-order valence-electron chi connectivity index (χ0n) is 15.3. The number of tetrazole rings is 1. The van der Waals surface area contributed by atoms with E-state index in [1.165, 1.54) is 23.4 Å². The first-order chi connectivity index (χ1) is 13.0. The first kappa shape index (κ1) is 17.5. The summed E-state index contributed by atoms with van der Waals surface area (Å²) >= 11 is 1.49. The maximum absolute atomic E-state index is 11.9. The molecule has 0 unspecified atom stereocenters. The minimum atomic E-state index is -0.349. The molecule has 0 aliphatic rings. The lowest BCUT2D eigenvalue weighted by Crippen LogP contribution is -2.03. The Labute approximate surface area is 160 Å². The van der Waals surface area contributed by atoms with E-state index < -0.39 is 0 Å². The number of aryl methyl sites for hydroxylation is 3. The fourth-order valence-electron chi connectivity index (χ4n) is 3.06. The van der Waals surface area contributed by atoms with Crippen LogP contribution in [0, 0.1) is 20.8 Å². The summed E-state index contributed by atoms with van der Waals surface area (Å²) < 4.78 is 7.06. The highest BCUT2D eigenvalue weighted by atomic mass is 32.2. The summed E-state index contributed by atoms with van der Waals surface area (Å²) in [4.78, 5) is 11.9. The topological polar surface area (TPSA) is 73.8 Å². The Morgan fingerprint density at radius 1 is 1.04 bits per heavy atom. The quantitative estimate of drug-likeness (QED) is 0.395. The lowest BCUT2D eigenvalue weighted by molar-refractivity contribution is 0.559. The smallest absolute Gasteiger partial charge is 0.336 e. The molecule has 0 aliphatic heterocycles. The van der Waals surface area contributed by atoms with Crippen LogP contribution in [0.3, 0.4) is 0 Å². The lowest BCUT2D eigenvalue weighted by atomic mass is 10.1. The molecule has 0 saturated carbocycles. The minimum Gasteiger partial charge on any atom is -0.423 e. The fraction of sp³-hybridized carbons (Fsp3) is 0.200. The second-order valence-electron chi connectivity index (χ2n) is 6.54. The van der Waals surface area contributed by atoms with Gasteiger partial charge in [0, 0.05) is 17.2 Å². The zero-order chi connectivity index (χ0) is 19.0. The van der Waals surface area contributed by atoms with Crippen LogP contribution in [0.4, 0.5) is 0 Å². The molecule has 27 heavy (non-hydrogen) atoms. The van der Waals surface area contributed by atoms with Gasteiger partial charge in [0.1, 0.15) is 5.58 Å². The largest absolute Gasteiger partial charge is 0.423 e. The van der Waals surface area contributed by atoms with E-state index in [1.54, 1.807) is 4.68 Å². The highest BCUT2D eigenvalue weighted by Gasteiger charge is 2.13. The van der Waals surface area contributed by atoms with Crippen LogP contribution in [0.15, 0.2) is 56.8 Å². The van der Waals surface area contributed by atoms with Crippen molar-refractivity contribution in [3.8, 4) is 5.69 Å². The molecule has 7 heteroatoms. The van der Waals surface area contributed by atoms with Gasteiger partial charge in [0.2, 0.25) is 5.16 Å². The molecule has 2 aromatic heterocycles. The van der Waals surface area contributed by atoms with Crippen LogP contribution in [0.1, 0.15) is 22.3 Å². The second kappa shape index (κ2) is 7.00. The van der Waals surface area contributed by atoms with Gasteiger partial charge >= 0.3 is 5.63 Å². The summed E-state index contributed by atoms with van der Waals surface area (Å²) in [5.41, 5.74) is 5.45. The third-order valence-corrected chi connectivity index (χ3v) is 5.33. The average Bonchev–Trinajstić information content (AvgIpc) is 3.07. The van der Waals surface area contributed by atoms with E-state index in [0.29, 0.717) is 16.5 Å². The summed E-state index contributed by atoms with van der Waals surface area (Å²) in [5.74, 6) is 0.566. The molecule has 4 aromatic rings. The first-order valence-electron chi connectivity index (χ1n) is 8.53. The van der Waals surface area contributed by atoms with Crippen molar-refractivity contribution >= 4 is 22.7 Å². The Morgan fingerprint density at radius 3 is 2.63 bits per heavy atom. The molecule has 0 aliphatic carbocycles. The predicted octanol–water partition coefficient (Wildman–Crippen LogP) is 3.99. The number of benzene rings is 2. The van der Waals surface area contributed by atoms with E-state index in [4.69, 9.17) is 4.42 Å². The molecule has 6 nitrogen and oxygen atoms in total. The van der Waals surface area contributed by atoms with Crippen molar-refractivity contribution in [3.05, 3.63) is 75.1 Å². The normalized spacial score (nSPS) is 11.2. The number of aromatic nitrogens is 4. The van der Waals surface area contributed by atoms with Crippen LogP contribution in [0.5, 0.6) is 0 Å². The van der Waals surface area contributed by atoms with Crippen molar-refractivity contribution < 1.29 is 4.42 Å². The van der Waals surface area contributed by atoms with Crippen LogP contribution < -0.4 is 5.63 Å². The first-order valence-corrected chi connectivity index (χ1v) is 9.52. The predicted molar refractivity (Wildman–Crippen MR) is 105 cm³/mol. The van der Waals surface area contributed by atoms with Gasteiger partial charge in [0.05, 0.1) is 5.69 Å². The molecule has 0 atom stereocenters. The number of rotatable bonds is 4. The average molecular weight is 378 g/mol. The second-order valence-corrected chi connectivity index (χ2v) is 7.48. The maximum Gasteiger partial charge on any atom is 0.336 e. The van der Waals surface area contributed by atoms with Crippen LogP contribution in [-0.4, -0.2) is 20.2 Å². The monoisotopic (exact) mass is 378 g/mol. The Kier molecular flexibility index (Phi) is 4.53. The molecule has 0 spiro atoms. The van der Waals surface area contributed by atoms with Crippen molar-refractivity contribution in [3.63, 3.8) is 0 Å². The standard InChI is InChI=1S/C20H18N4O2S/c1-12-5-7-17(14(3)8-12)24-20(21-22-23-24)27-11-15-10-19(25)26-18-9-13(2)4-6-16(15)18/h4-10H,11H2,1-3H3. The van der Waals surface area contributed by atoms with Crippen molar-refractivity contribution in [2.24, 2.45) is 0 Å². The van der Waals surface area contributed by atoms with E-state index in [1.807, 2.05) is 44.2 Å². The molecule has 2 aromatic carbocycles. The Morgan fingerprint density at radius 2 is 1.81 bits per heavy atom. The number of fused-ring (bicyclic) bond motifs is 1. The zero-order valence-corrected chi connectivity index (χ0v) is 16.1. The van der Waals surface area contributed by atoms with Crippen molar-refractivity contribution in [2.75, 3.05) is 0 Å². The van der Waals surface area contributed by atoms with Gasteiger partial charge in [0.25, 0.3) is 0 Å². The molecule has 0 radical (unpaired) electrons. The molecule has 0 bridgehead atoms. The van der Waals surface area contributed by atoms with Gasteiger partial charge in [-0.05, 0) is 60.0 Å². The molecule has 0 saturated heterocycles. The number of thioether (sulfide) groups is 1. The summed E-state index contributed by atoms with van der Waals surface area (Å²) in [7, 11) is 0. The molecular formula is C20H18N4O2S. The minimum absolute atomic E-state index is 0.349. The molecular weight excluding hydrogens is 360 g/mol. The van der Waals surface area contributed by atoms with Crippen molar-refractivity contribution in [1.82, 2.24) is 20.2 Å². The lowest BCUT2D eigenvalue weighted by Gasteiger charge is -2.09. The molecule has 136 valence electrons. The van der Waals surface area contributed by atoms with Gasteiger partial charge in [-0.1, -0.05) is 41.6 Å². The van der Waals surface area contributed by atoms with Crippen LogP contribution in [-0.2, 0) is 5.75 Å². The number of hydrogen-bond donors (Lipinski definition) is 0. The highest BCUT2D eigenvalue weighted by molar-refractivity contribution is 7.98. The van der Waals surface area contributed by atoms with Crippen molar-refractivity contribution in [2.45, 2.75) is 31.7 Å². The Bertz CT molecular complexity index is 1200. The molecule has 0 amide bonds. The van der Waals surface area contributed by atoms with Crippen LogP contribution in [0.2, 0.25) is 0 Å². The van der Waals surface area contributed by atoms with E-state index in [2.05, 4.69) is 28.5 Å². The molecule has 0 fully saturated rings. The van der Waals surface area contributed by atoms with Crippen LogP contribution >= 0.6 is 11.8 Å². The Balaban J connectivity index is 1.67. The van der Waals surface area contributed by atoms with Gasteiger partial charge in [0.15, 0.2) is 0 Å². The van der Waals surface area contributed by atoms with Gasteiger partial charge in [-0.25, -0.2) is 4.79 Å². The van der Waals surface area contributed by atoms with Crippen LogP contribution in [0.25, 0.3) is 16.7 Å². The SMILES string of the molecule is Cc1ccc(-n2nnnc2SCc2cc(=O)oc3cc(C)ccc23)c(C)c1. The number of nitrogens with zero attached hydrogens (tertiary/aromatic N) is 4. The third kappa shape index (κ3) is 3.50. The fourth-order valence-corrected chi connectivity index (χ4v) is 3.94. The third-order valence-electron chi connectivity index (χ3n) is 4.36. The summed E-state index contributed by atoms with van der Waals surface area (Å²) in [5, 5.41) is 13.7. The molecule has 4 rings (SSSR count). The maximum atomic E-state index is 11.9. The summed E-state index contributed by atoms with van der Waals surface area (Å²) in [6, 6.07) is 13.6. The van der Waals surface area contributed by atoms with E-state index in [9.17, 15) is 4.79 Å². The van der Waals surface area contributed by atoms with E-state index in [0.717, 1.165) is 27.8 Å². The van der Waals surface area contributed by atoms with Gasteiger partial charge in [-0.15, -0.1) is 5.10 Å². The molecule has 0 N–H and O–H groups in total. The van der Waals surface area contributed by atoms with Gasteiger partial charge in [-0.2, -0.15) is 4.68 Å². The van der Waals surface area contributed by atoms with Crippen molar-refractivity contribution in [1.29, 1.82) is 0 Å². The molecule has 2 heterocycles.